The van der Waals surface area contributed by atoms with Gasteiger partial charge in [-0.1, -0.05) is 15.9 Å². The Kier molecular flexibility index (Phi) is 2.98. The third kappa shape index (κ3) is 2.16. The van der Waals surface area contributed by atoms with Gasteiger partial charge >= 0.3 is 5.97 Å². The molecule has 20 heavy (non-hydrogen) atoms. The van der Waals surface area contributed by atoms with Gasteiger partial charge in [0.15, 0.2) is 5.65 Å². The van der Waals surface area contributed by atoms with Crippen LogP contribution >= 0.6 is 15.9 Å². The second-order valence-electron chi connectivity index (χ2n) is 4.11. The number of benzene rings is 1. The number of aromatic amines is 1. The van der Waals surface area contributed by atoms with Gasteiger partial charge in [-0.15, -0.1) is 0 Å². The molecule has 2 heterocycles. The van der Waals surface area contributed by atoms with E-state index in [2.05, 4.69) is 30.9 Å². The molecule has 0 aliphatic carbocycles. The fraction of sp³-hybridized carbons (Fsp3) is 0. The van der Waals surface area contributed by atoms with Crippen molar-refractivity contribution < 1.29 is 14.3 Å². The van der Waals surface area contributed by atoms with Crippen molar-refractivity contribution in [2.75, 3.05) is 0 Å². The molecule has 1 aromatic carbocycles. The van der Waals surface area contributed by atoms with Crippen LogP contribution in [-0.2, 0) is 0 Å². The molecule has 0 amide bonds. The van der Waals surface area contributed by atoms with Crippen LogP contribution in [0.3, 0.4) is 0 Å². The summed E-state index contributed by atoms with van der Waals surface area (Å²) < 4.78 is 14.0. The number of hydrogen-bond donors (Lipinski definition) is 2. The van der Waals surface area contributed by atoms with Crippen LogP contribution in [0.15, 0.2) is 34.9 Å². The van der Waals surface area contributed by atoms with Crippen molar-refractivity contribution in [3.05, 3.63) is 46.3 Å². The molecule has 0 saturated heterocycles. The van der Waals surface area contributed by atoms with Crippen LogP contribution in [-0.4, -0.2) is 26.0 Å². The number of carboxylic acids is 1. The lowest BCUT2D eigenvalue weighted by Gasteiger charge is -1.98. The molecule has 7 heteroatoms. The van der Waals surface area contributed by atoms with E-state index in [1.54, 1.807) is 6.07 Å². The maximum Gasteiger partial charge on any atom is 0.338 e. The number of H-pyrrole nitrogens is 1. The number of carbonyl (C=O) groups is 1. The van der Waals surface area contributed by atoms with Crippen LogP contribution in [0.1, 0.15) is 10.4 Å². The van der Waals surface area contributed by atoms with Crippen molar-refractivity contribution in [1.82, 2.24) is 15.0 Å². The molecule has 0 unspecified atom stereocenters. The zero-order valence-corrected chi connectivity index (χ0v) is 11.5. The summed E-state index contributed by atoms with van der Waals surface area (Å²) in [6, 6.07) is 5.70. The van der Waals surface area contributed by atoms with E-state index in [9.17, 15) is 9.18 Å². The van der Waals surface area contributed by atoms with Gasteiger partial charge in [0.2, 0.25) is 0 Å². The van der Waals surface area contributed by atoms with Gasteiger partial charge in [-0.25, -0.2) is 19.2 Å². The Bertz CT molecular complexity index is 811. The second-order valence-corrected chi connectivity index (χ2v) is 5.02. The Morgan fingerprint density at radius 2 is 2.15 bits per heavy atom. The maximum absolute atomic E-state index is 13.4. The standard InChI is InChI=1S/C13H7BrFN3O2/c14-7-3-6(4-8(15)5-7)11-17-10-9(13(19)20)1-2-16-12(10)18-11/h1-5H,(H,19,20)(H,16,17,18). The van der Waals surface area contributed by atoms with Gasteiger partial charge in [0.05, 0.1) is 11.1 Å². The number of aromatic nitrogens is 3. The van der Waals surface area contributed by atoms with Crippen LogP contribution in [0.25, 0.3) is 22.6 Å². The molecule has 5 nitrogen and oxygen atoms in total. The SMILES string of the molecule is O=C(O)c1ccnc2nc(-c3cc(F)cc(Br)c3)[nH]c12. The summed E-state index contributed by atoms with van der Waals surface area (Å²) in [4.78, 5) is 22.2. The third-order valence-electron chi connectivity index (χ3n) is 2.76. The van der Waals surface area contributed by atoms with Gasteiger partial charge in [-0.05, 0) is 24.3 Å². The fourth-order valence-electron chi connectivity index (χ4n) is 1.92. The minimum Gasteiger partial charge on any atom is -0.478 e. The highest BCUT2D eigenvalue weighted by molar-refractivity contribution is 9.10. The summed E-state index contributed by atoms with van der Waals surface area (Å²) in [6.07, 6.45) is 1.37. The first-order chi connectivity index (χ1) is 9.54. The Labute approximate surface area is 120 Å². The molecular weight excluding hydrogens is 329 g/mol. The van der Waals surface area contributed by atoms with Crippen LogP contribution in [0.5, 0.6) is 0 Å². The number of halogens is 2. The van der Waals surface area contributed by atoms with Gasteiger partial charge in [0.1, 0.15) is 11.6 Å². The molecule has 100 valence electrons. The highest BCUT2D eigenvalue weighted by atomic mass is 79.9. The van der Waals surface area contributed by atoms with Gasteiger partial charge in [0, 0.05) is 16.2 Å². The zero-order valence-electron chi connectivity index (χ0n) is 9.89. The quantitative estimate of drug-likeness (QED) is 0.753. The molecule has 0 aliphatic heterocycles. The molecule has 0 atom stereocenters. The molecule has 0 aliphatic rings. The number of rotatable bonds is 2. The molecule has 2 aromatic heterocycles. The van der Waals surface area contributed by atoms with Crippen molar-refractivity contribution in [1.29, 1.82) is 0 Å². The summed E-state index contributed by atoms with van der Waals surface area (Å²) >= 11 is 3.20. The average molecular weight is 336 g/mol. The van der Waals surface area contributed by atoms with E-state index in [4.69, 9.17) is 5.11 Å². The van der Waals surface area contributed by atoms with Crippen molar-refractivity contribution in [3.8, 4) is 11.4 Å². The minimum atomic E-state index is -1.08. The van der Waals surface area contributed by atoms with Crippen molar-refractivity contribution in [2.24, 2.45) is 0 Å². The monoisotopic (exact) mass is 335 g/mol. The molecule has 0 spiro atoms. The zero-order chi connectivity index (χ0) is 14.3. The second kappa shape index (κ2) is 4.68. The van der Waals surface area contributed by atoms with E-state index >= 15 is 0 Å². The normalized spacial score (nSPS) is 10.9. The molecule has 2 N–H and O–H groups in total. The molecule has 3 aromatic rings. The molecule has 0 bridgehead atoms. The lowest BCUT2D eigenvalue weighted by atomic mass is 10.2. The molecule has 0 radical (unpaired) electrons. The summed E-state index contributed by atoms with van der Waals surface area (Å²) in [7, 11) is 0. The van der Waals surface area contributed by atoms with Crippen LogP contribution in [0.4, 0.5) is 4.39 Å². The van der Waals surface area contributed by atoms with E-state index in [-0.39, 0.29) is 11.2 Å². The average Bonchev–Trinajstić information content (AvgIpc) is 2.80. The van der Waals surface area contributed by atoms with Crippen molar-refractivity contribution in [3.63, 3.8) is 0 Å². The number of imidazole rings is 1. The fourth-order valence-corrected chi connectivity index (χ4v) is 2.38. The number of carboxylic acid groups (broad SMARTS) is 1. The smallest absolute Gasteiger partial charge is 0.338 e. The first-order valence-corrected chi connectivity index (χ1v) is 6.38. The van der Waals surface area contributed by atoms with Crippen molar-refractivity contribution >= 4 is 33.1 Å². The van der Waals surface area contributed by atoms with Crippen LogP contribution in [0.2, 0.25) is 0 Å². The number of hydrogen-bond acceptors (Lipinski definition) is 3. The number of nitrogens with one attached hydrogen (secondary N) is 1. The van der Waals surface area contributed by atoms with Crippen LogP contribution < -0.4 is 0 Å². The topological polar surface area (TPSA) is 78.9 Å². The van der Waals surface area contributed by atoms with E-state index in [1.165, 1.54) is 24.4 Å². The summed E-state index contributed by atoms with van der Waals surface area (Å²) in [5.74, 6) is -1.13. The van der Waals surface area contributed by atoms with Gasteiger partial charge in [-0.3, -0.25) is 0 Å². The van der Waals surface area contributed by atoms with Gasteiger partial charge in [0.25, 0.3) is 0 Å². The summed E-state index contributed by atoms with van der Waals surface area (Å²) in [5, 5.41) is 9.11. The highest BCUT2D eigenvalue weighted by Crippen LogP contribution is 2.25. The Balaban J connectivity index is 2.23. The van der Waals surface area contributed by atoms with E-state index in [0.717, 1.165) is 0 Å². The van der Waals surface area contributed by atoms with E-state index < -0.39 is 11.8 Å². The van der Waals surface area contributed by atoms with Crippen molar-refractivity contribution in [2.45, 2.75) is 0 Å². The first kappa shape index (κ1) is 12.7. The van der Waals surface area contributed by atoms with E-state index in [0.29, 0.717) is 21.4 Å². The Morgan fingerprint density at radius 3 is 2.85 bits per heavy atom. The number of pyridine rings is 1. The lowest BCUT2D eigenvalue weighted by molar-refractivity contribution is 0.0698. The largest absolute Gasteiger partial charge is 0.478 e. The van der Waals surface area contributed by atoms with Crippen LogP contribution in [0, 0.1) is 5.82 Å². The lowest BCUT2D eigenvalue weighted by Crippen LogP contribution is -1.97. The number of aromatic carboxylic acids is 1. The molecule has 0 saturated carbocycles. The van der Waals surface area contributed by atoms with Gasteiger partial charge < -0.3 is 10.1 Å². The highest BCUT2D eigenvalue weighted by Gasteiger charge is 2.14. The maximum atomic E-state index is 13.4. The number of fused-ring (bicyclic) bond motifs is 1. The Hall–Kier alpha value is -2.28. The molecular formula is C13H7BrFN3O2. The molecule has 3 rings (SSSR count). The predicted molar refractivity (Wildman–Crippen MR) is 73.9 cm³/mol. The minimum absolute atomic E-state index is 0.0734. The predicted octanol–water partition coefficient (Wildman–Crippen LogP) is 3.22. The summed E-state index contributed by atoms with van der Waals surface area (Å²) in [6.45, 7) is 0. The van der Waals surface area contributed by atoms with Gasteiger partial charge in [-0.2, -0.15) is 0 Å². The third-order valence-corrected chi connectivity index (χ3v) is 3.22. The first-order valence-electron chi connectivity index (χ1n) is 5.59. The number of nitrogens with zero attached hydrogens (tertiary/aromatic N) is 2. The molecule has 0 fully saturated rings. The Morgan fingerprint density at radius 1 is 1.35 bits per heavy atom. The summed E-state index contributed by atoms with van der Waals surface area (Å²) in [5.41, 5.74) is 1.17. The van der Waals surface area contributed by atoms with E-state index in [1.807, 2.05) is 0 Å².